The lowest BCUT2D eigenvalue weighted by Crippen LogP contribution is -2.31. The van der Waals surface area contributed by atoms with E-state index in [4.69, 9.17) is 14.8 Å². The maximum absolute atomic E-state index is 11.1. The number of nitro groups is 1. The molecule has 1 N–H and O–H groups in total. The maximum Gasteiger partial charge on any atom is 0.269 e. The van der Waals surface area contributed by atoms with Crippen LogP contribution in [0.1, 0.15) is 24.2 Å². The van der Waals surface area contributed by atoms with Crippen LogP contribution in [0.5, 0.6) is 0 Å². The molecule has 0 amide bonds. The van der Waals surface area contributed by atoms with Gasteiger partial charge in [0.2, 0.25) is 0 Å². The van der Waals surface area contributed by atoms with E-state index >= 15 is 0 Å². The second-order valence-corrected chi connectivity index (χ2v) is 5.65. The molecule has 0 saturated heterocycles. The molecule has 1 aliphatic rings. The van der Waals surface area contributed by atoms with Gasteiger partial charge in [0.25, 0.3) is 5.69 Å². The van der Waals surface area contributed by atoms with E-state index in [0.717, 1.165) is 11.3 Å². The molecule has 8 heteroatoms. The number of aromatic nitrogens is 1. The van der Waals surface area contributed by atoms with Gasteiger partial charge in [-0.15, -0.1) is 0 Å². The van der Waals surface area contributed by atoms with E-state index in [-0.39, 0.29) is 12.3 Å². The van der Waals surface area contributed by atoms with Crippen molar-refractivity contribution in [2.45, 2.75) is 13.0 Å². The van der Waals surface area contributed by atoms with E-state index in [2.05, 4.69) is 10.3 Å². The zero-order chi connectivity index (χ0) is 18.5. The lowest BCUT2D eigenvalue weighted by Gasteiger charge is -2.26. The van der Waals surface area contributed by atoms with Gasteiger partial charge in [-0.05, 0) is 24.6 Å². The molecule has 1 unspecified atom stereocenters. The second kappa shape index (κ2) is 7.85. The fourth-order valence-electron chi connectivity index (χ4n) is 2.73. The number of amidine groups is 1. The second-order valence-electron chi connectivity index (χ2n) is 5.65. The van der Waals surface area contributed by atoms with E-state index in [1.165, 1.54) is 19.2 Å². The molecule has 0 bridgehead atoms. The number of hydrogen-bond donors (Lipinski definition) is 1. The van der Waals surface area contributed by atoms with Crippen molar-refractivity contribution in [1.29, 1.82) is 0 Å². The lowest BCUT2D eigenvalue weighted by atomic mass is 9.96. The van der Waals surface area contributed by atoms with Crippen molar-refractivity contribution in [2.24, 2.45) is 4.99 Å². The number of nitro benzene ring substituents is 1. The molecule has 1 atom stereocenters. The van der Waals surface area contributed by atoms with Crippen LogP contribution in [0.25, 0.3) is 0 Å². The number of benzene rings is 1. The molecule has 1 aliphatic heterocycles. The first-order valence-corrected chi connectivity index (χ1v) is 7.96. The highest BCUT2D eigenvalue weighted by molar-refractivity contribution is 5.99. The molecule has 0 fully saturated rings. The highest BCUT2D eigenvalue weighted by Crippen LogP contribution is 2.33. The summed E-state index contributed by atoms with van der Waals surface area (Å²) in [6.07, 6.45) is 1.69. The Bertz CT molecular complexity index is 865. The largest absolute Gasteiger partial charge is 0.342 e. The SMILES string of the molecule is COOCC1=C(C)NC(c2ccccn2)=NC1c1cccc([N+](=O)[O-])c1. The van der Waals surface area contributed by atoms with Gasteiger partial charge in [-0.2, -0.15) is 0 Å². The van der Waals surface area contributed by atoms with E-state index < -0.39 is 11.0 Å². The van der Waals surface area contributed by atoms with E-state index in [1.54, 1.807) is 12.3 Å². The molecule has 0 saturated carbocycles. The number of nitrogens with one attached hydrogen (secondary N) is 1. The summed E-state index contributed by atoms with van der Waals surface area (Å²) in [6.45, 7) is 2.08. The van der Waals surface area contributed by atoms with Crippen LogP contribution in [-0.4, -0.2) is 29.5 Å². The van der Waals surface area contributed by atoms with Crippen molar-refractivity contribution in [3.8, 4) is 0 Å². The zero-order valence-electron chi connectivity index (χ0n) is 14.4. The van der Waals surface area contributed by atoms with Crippen molar-refractivity contribution in [3.05, 3.63) is 81.3 Å². The Hall–Kier alpha value is -3.10. The Morgan fingerprint density at radius 3 is 2.81 bits per heavy atom. The summed E-state index contributed by atoms with van der Waals surface area (Å²) < 4.78 is 0. The summed E-state index contributed by atoms with van der Waals surface area (Å²) in [5, 5.41) is 14.4. The third-order valence-corrected chi connectivity index (χ3v) is 4.01. The molecule has 2 heterocycles. The number of non-ortho nitro benzene ring substituents is 1. The Kier molecular flexibility index (Phi) is 5.35. The van der Waals surface area contributed by atoms with Gasteiger partial charge in [-0.25, -0.2) is 9.78 Å². The summed E-state index contributed by atoms with van der Waals surface area (Å²) in [4.78, 5) is 29.6. The third kappa shape index (κ3) is 3.76. The first-order chi connectivity index (χ1) is 12.6. The number of rotatable bonds is 6. The van der Waals surface area contributed by atoms with Gasteiger partial charge in [0.05, 0.1) is 12.0 Å². The van der Waals surface area contributed by atoms with E-state index in [0.29, 0.717) is 17.1 Å². The summed E-state index contributed by atoms with van der Waals surface area (Å²) in [5.41, 5.74) is 3.07. The predicted molar refractivity (Wildman–Crippen MR) is 95.4 cm³/mol. The van der Waals surface area contributed by atoms with Gasteiger partial charge >= 0.3 is 0 Å². The molecule has 3 rings (SSSR count). The first-order valence-electron chi connectivity index (χ1n) is 7.96. The van der Waals surface area contributed by atoms with Crippen LogP contribution in [0.15, 0.2) is 64.9 Å². The van der Waals surface area contributed by atoms with Crippen LogP contribution in [0, 0.1) is 10.1 Å². The standard InChI is InChI=1S/C18H18N4O4/c1-12-15(11-26-25-2)17(13-6-5-7-14(10-13)22(23)24)21-18(20-12)16-8-3-4-9-19-16/h3-10,17H,11H2,1-2H3,(H,20,21). The molecule has 134 valence electrons. The Balaban J connectivity index is 2.05. The van der Waals surface area contributed by atoms with Gasteiger partial charge in [0.15, 0.2) is 5.84 Å². The van der Waals surface area contributed by atoms with Gasteiger partial charge in [0, 0.05) is 29.6 Å². The zero-order valence-corrected chi connectivity index (χ0v) is 14.4. The number of aliphatic imine (C=N–C) groups is 1. The third-order valence-electron chi connectivity index (χ3n) is 4.01. The van der Waals surface area contributed by atoms with Gasteiger partial charge in [-0.1, -0.05) is 18.2 Å². The lowest BCUT2D eigenvalue weighted by molar-refractivity contribution is -0.384. The average molecular weight is 354 g/mol. The van der Waals surface area contributed by atoms with Crippen LogP contribution in [0.3, 0.4) is 0 Å². The summed E-state index contributed by atoms with van der Waals surface area (Å²) in [6, 6.07) is 11.5. The highest BCUT2D eigenvalue weighted by Gasteiger charge is 2.26. The van der Waals surface area contributed by atoms with Crippen molar-refractivity contribution in [2.75, 3.05) is 13.7 Å². The molecule has 0 spiro atoms. The monoisotopic (exact) mass is 354 g/mol. The maximum atomic E-state index is 11.1. The molecule has 26 heavy (non-hydrogen) atoms. The molecular formula is C18H18N4O4. The van der Waals surface area contributed by atoms with Crippen LogP contribution in [0.4, 0.5) is 5.69 Å². The predicted octanol–water partition coefficient (Wildman–Crippen LogP) is 2.93. The van der Waals surface area contributed by atoms with Crippen LogP contribution in [-0.2, 0) is 9.78 Å². The Morgan fingerprint density at radius 2 is 2.12 bits per heavy atom. The normalized spacial score (nSPS) is 16.8. The molecular weight excluding hydrogens is 336 g/mol. The number of hydrogen-bond acceptors (Lipinski definition) is 7. The molecule has 1 aromatic carbocycles. The van der Waals surface area contributed by atoms with Gasteiger partial charge in [0.1, 0.15) is 18.3 Å². The minimum absolute atomic E-state index is 0.0141. The van der Waals surface area contributed by atoms with Crippen LogP contribution in [0.2, 0.25) is 0 Å². The van der Waals surface area contributed by atoms with Crippen molar-refractivity contribution in [1.82, 2.24) is 10.3 Å². The molecule has 0 radical (unpaired) electrons. The summed E-state index contributed by atoms with van der Waals surface area (Å²) in [7, 11) is 1.43. The molecule has 1 aromatic heterocycles. The van der Waals surface area contributed by atoms with Crippen molar-refractivity contribution >= 4 is 11.5 Å². The smallest absolute Gasteiger partial charge is 0.269 e. The van der Waals surface area contributed by atoms with Crippen LogP contribution < -0.4 is 5.32 Å². The fraction of sp³-hybridized carbons (Fsp3) is 0.222. The summed E-state index contributed by atoms with van der Waals surface area (Å²) >= 11 is 0. The van der Waals surface area contributed by atoms with E-state index in [1.807, 2.05) is 31.2 Å². The Morgan fingerprint density at radius 1 is 1.27 bits per heavy atom. The number of allylic oxidation sites excluding steroid dienone is 1. The minimum atomic E-state index is -0.441. The van der Waals surface area contributed by atoms with Gasteiger partial charge < -0.3 is 5.32 Å². The number of pyridine rings is 1. The van der Waals surface area contributed by atoms with Crippen molar-refractivity contribution < 1.29 is 14.7 Å². The fourth-order valence-corrected chi connectivity index (χ4v) is 2.73. The van der Waals surface area contributed by atoms with E-state index in [9.17, 15) is 10.1 Å². The topological polar surface area (TPSA) is 98.9 Å². The van der Waals surface area contributed by atoms with Crippen molar-refractivity contribution in [3.63, 3.8) is 0 Å². The molecule has 8 nitrogen and oxygen atoms in total. The highest BCUT2D eigenvalue weighted by atomic mass is 17.2. The number of nitrogens with zero attached hydrogens (tertiary/aromatic N) is 3. The first kappa shape index (κ1) is 17.7. The minimum Gasteiger partial charge on any atom is -0.342 e. The van der Waals surface area contributed by atoms with Crippen LogP contribution >= 0.6 is 0 Å². The van der Waals surface area contributed by atoms with Gasteiger partial charge in [-0.3, -0.25) is 20.1 Å². The summed E-state index contributed by atoms with van der Waals surface area (Å²) in [5.74, 6) is 0.598. The Labute approximate surface area is 150 Å². The average Bonchev–Trinajstić information content (AvgIpc) is 2.67. The molecule has 2 aromatic rings. The molecule has 0 aliphatic carbocycles. The quantitative estimate of drug-likeness (QED) is 0.486.